The molecule has 0 unspecified atom stereocenters. The van der Waals surface area contributed by atoms with E-state index < -0.39 is 0 Å². The minimum absolute atomic E-state index is 0.0849. The first kappa shape index (κ1) is 20.5. The number of hydrogen-bond acceptors (Lipinski definition) is 5. The molecule has 1 amide bonds. The number of terminal acetylenes is 1. The average molecular weight is 477 g/mol. The Labute approximate surface area is 181 Å². The quantitative estimate of drug-likeness (QED) is 0.362. The van der Waals surface area contributed by atoms with Crippen LogP contribution in [-0.2, 0) is 4.79 Å². The van der Waals surface area contributed by atoms with Gasteiger partial charge in [0.05, 0.1) is 12.0 Å². The van der Waals surface area contributed by atoms with E-state index >= 15 is 0 Å². The summed E-state index contributed by atoms with van der Waals surface area (Å²) < 4.78 is 14.1. The molecule has 1 aliphatic heterocycles. The molecule has 1 saturated heterocycles. The molecule has 0 saturated carbocycles. The Kier molecular flexibility index (Phi) is 6.18. The molecule has 0 bridgehead atoms. The molecule has 5 nitrogen and oxygen atoms in total. The first-order valence-electron chi connectivity index (χ1n) is 8.24. The van der Waals surface area contributed by atoms with Crippen LogP contribution in [0.25, 0.3) is 6.08 Å². The summed E-state index contributed by atoms with van der Waals surface area (Å²) in [7, 11) is 1.55. The van der Waals surface area contributed by atoms with Crippen LogP contribution in [0, 0.1) is 26.2 Å². The second-order valence-electron chi connectivity index (χ2n) is 5.94. The number of nitrogens with zero attached hydrogens (tertiary/aromatic N) is 2. The summed E-state index contributed by atoms with van der Waals surface area (Å²) in [6.45, 7) is 3.95. The Morgan fingerprint density at radius 1 is 1.32 bits per heavy atom. The van der Waals surface area contributed by atoms with Crippen molar-refractivity contribution in [2.24, 2.45) is 0 Å². The molecular weight excluding hydrogens is 460 g/mol. The molecule has 144 valence electrons. The van der Waals surface area contributed by atoms with E-state index in [0.717, 1.165) is 15.9 Å². The fraction of sp³-hybridized carbons (Fsp3) is 0.200. The van der Waals surface area contributed by atoms with E-state index in [1.54, 1.807) is 19.3 Å². The van der Waals surface area contributed by atoms with Gasteiger partial charge in [-0.1, -0.05) is 33.6 Å². The van der Waals surface area contributed by atoms with Crippen molar-refractivity contribution in [2.75, 3.05) is 18.7 Å². The van der Waals surface area contributed by atoms with E-state index in [0.29, 0.717) is 26.3 Å². The highest BCUT2D eigenvalue weighted by Crippen LogP contribution is 2.39. The third-order valence-corrected chi connectivity index (χ3v) is 5.80. The van der Waals surface area contributed by atoms with Crippen molar-refractivity contribution in [1.29, 1.82) is 0 Å². The molecule has 0 N–H and O–H groups in total. The Morgan fingerprint density at radius 3 is 2.61 bits per heavy atom. The summed E-state index contributed by atoms with van der Waals surface area (Å²) in [4.78, 5) is 13.6. The van der Waals surface area contributed by atoms with Crippen LogP contribution in [0.4, 0.5) is 0 Å². The van der Waals surface area contributed by atoms with Crippen molar-refractivity contribution >= 4 is 56.2 Å². The molecule has 0 atom stereocenters. The van der Waals surface area contributed by atoms with Crippen molar-refractivity contribution in [3.63, 3.8) is 0 Å². The average Bonchev–Trinajstić information content (AvgIpc) is 3.11. The van der Waals surface area contributed by atoms with Crippen LogP contribution >= 0.6 is 39.9 Å². The highest BCUT2D eigenvalue weighted by atomic mass is 79.9. The summed E-state index contributed by atoms with van der Waals surface area (Å²) in [5.41, 5.74) is 2.53. The zero-order valence-corrected chi connectivity index (χ0v) is 18.7. The van der Waals surface area contributed by atoms with E-state index in [2.05, 4.69) is 21.9 Å². The Balaban J connectivity index is 2.05. The number of carbonyl (C=O) groups is 1. The highest BCUT2D eigenvalue weighted by Gasteiger charge is 2.35. The number of carbonyl (C=O) groups excluding carboxylic acids is 1. The number of aryl methyl sites for hydroxylation is 2. The van der Waals surface area contributed by atoms with Crippen LogP contribution in [0.15, 0.2) is 33.6 Å². The predicted molar refractivity (Wildman–Crippen MR) is 120 cm³/mol. The van der Waals surface area contributed by atoms with Crippen molar-refractivity contribution in [1.82, 2.24) is 4.68 Å². The van der Waals surface area contributed by atoms with Crippen LogP contribution in [0.5, 0.6) is 11.5 Å². The lowest BCUT2D eigenvalue weighted by Crippen LogP contribution is -2.39. The number of thioether (sulfide) groups is 1. The monoisotopic (exact) mass is 476 g/mol. The highest BCUT2D eigenvalue weighted by molar-refractivity contribution is 9.10. The standard InChI is InChI=1S/C20H17BrN2O3S2/c1-5-8-26-18-14(9-15(21)11-16(18)25-4)10-17-19(24)23(20(27)28-17)22-12(2)6-7-13(22)3/h1,6-7,9-11H,8H2,2-4H3/b17-10+. The molecule has 2 aromatic rings. The van der Waals surface area contributed by atoms with Gasteiger partial charge in [0.25, 0.3) is 5.91 Å². The number of aromatic nitrogens is 1. The lowest BCUT2D eigenvalue weighted by atomic mass is 10.1. The van der Waals surface area contributed by atoms with Gasteiger partial charge in [0.2, 0.25) is 0 Å². The van der Waals surface area contributed by atoms with Gasteiger partial charge in [0.1, 0.15) is 6.61 Å². The minimum atomic E-state index is -0.195. The van der Waals surface area contributed by atoms with Crippen LogP contribution in [0.2, 0.25) is 0 Å². The first-order chi connectivity index (χ1) is 13.4. The first-order valence-corrected chi connectivity index (χ1v) is 10.3. The van der Waals surface area contributed by atoms with Crippen LogP contribution in [0.3, 0.4) is 0 Å². The van der Waals surface area contributed by atoms with E-state index in [4.69, 9.17) is 28.1 Å². The maximum Gasteiger partial charge on any atom is 0.285 e. The molecule has 28 heavy (non-hydrogen) atoms. The van der Waals surface area contributed by atoms with E-state index in [9.17, 15) is 4.79 Å². The number of halogens is 1. The summed E-state index contributed by atoms with van der Waals surface area (Å²) >= 11 is 10.2. The second kappa shape index (κ2) is 8.43. The van der Waals surface area contributed by atoms with Crippen LogP contribution in [-0.4, -0.2) is 28.6 Å². The van der Waals surface area contributed by atoms with E-state index in [1.807, 2.05) is 36.7 Å². The van der Waals surface area contributed by atoms with Gasteiger partial charge in [-0.2, -0.15) is 5.01 Å². The number of thiocarbonyl (C=S) groups is 1. The molecule has 0 aliphatic carbocycles. The molecule has 8 heteroatoms. The molecule has 1 aromatic heterocycles. The van der Waals surface area contributed by atoms with Gasteiger partial charge in [0, 0.05) is 21.4 Å². The van der Waals surface area contributed by atoms with Crippen molar-refractivity contribution < 1.29 is 14.3 Å². The van der Waals surface area contributed by atoms with Gasteiger partial charge in [-0.3, -0.25) is 9.47 Å². The molecule has 2 heterocycles. The van der Waals surface area contributed by atoms with Gasteiger partial charge in [0.15, 0.2) is 15.8 Å². The van der Waals surface area contributed by atoms with Crippen molar-refractivity contribution in [3.05, 3.63) is 50.6 Å². The maximum absolute atomic E-state index is 13.1. The SMILES string of the molecule is C#CCOc1c(/C=C2/SC(=S)N(n3c(C)ccc3C)C2=O)cc(Br)cc1OC. The fourth-order valence-corrected chi connectivity index (χ4v) is 4.55. The van der Waals surface area contributed by atoms with Gasteiger partial charge in [-0.25, -0.2) is 0 Å². The van der Waals surface area contributed by atoms with Crippen LogP contribution < -0.4 is 14.5 Å². The molecule has 0 radical (unpaired) electrons. The number of rotatable bonds is 5. The summed E-state index contributed by atoms with van der Waals surface area (Å²) in [6, 6.07) is 7.51. The van der Waals surface area contributed by atoms with Crippen LogP contribution in [0.1, 0.15) is 17.0 Å². The lowest BCUT2D eigenvalue weighted by Gasteiger charge is -2.20. The molecular formula is C20H17BrN2O3S2. The third-order valence-electron chi connectivity index (χ3n) is 4.06. The lowest BCUT2D eigenvalue weighted by molar-refractivity contribution is -0.114. The molecule has 3 rings (SSSR count). The summed E-state index contributed by atoms with van der Waals surface area (Å²) in [6.07, 6.45) is 7.07. The second-order valence-corrected chi connectivity index (χ2v) is 8.53. The fourth-order valence-electron chi connectivity index (χ4n) is 2.87. The number of ether oxygens (including phenoxy) is 2. The molecule has 1 fully saturated rings. The largest absolute Gasteiger partial charge is 0.493 e. The molecule has 1 aromatic carbocycles. The zero-order chi connectivity index (χ0) is 20.4. The van der Waals surface area contributed by atoms with Crippen molar-refractivity contribution in [2.45, 2.75) is 13.8 Å². The smallest absolute Gasteiger partial charge is 0.285 e. The Hall–Kier alpha value is -2.21. The van der Waals surface area contributed by atoms with Gasteiger partial charge in [-0.05, 0) is 56.4 Å². The Morgan fingerprint density at radius 2 is 2.00 bits per heavy atom. The summed E-state index contributed by atoms with van der Waals surface area (Å²) in [5, 5.41) is 1.51. The van der Waals surface area contributed by atoms with Gasteiger partial charge < -0.3 is 9.47 Å². The van der Waals surface area contributed by atoms with E-state index in [-0.39, 0.29) is 12.5 Å². The topological polar surface area (TPSA) is 43.7 Å². The normalized spacial score (nSPS) is 15.2. The zero-order valence-electron chi connectivity index (χ0n) is 15.5. The number of hydrogen-bond donors (Lipinski definition) is 0. The Bertz CT molecular complexity index is 1020. The van der Waals surface area contributed by atoms with Gasteiger partial charge >= 0.3 is 0 Å². The summed E-state index contributed by atoms with van der Waals surface area (Å²) in [5.74, 6) is 3.24. The minimum Gasteiger partial charge on any atom is -0.493 e. The van der Waals surface area contributed by atoms with Gasteiger partial charge in [-0.15, -0.1) is 6.42 Å². The van der Waals surface area contributed by atoms with E-state index in [1.165, 1.54) is 16.8 Å². The molecule has 1 aliphatic rings. The molecule has 0 spiro atoms. The predicted octanol–water partition coefficient (Wildman–Crippen LogP) is 4.43. The van der Waals surface area contributed by atoms with Crippen molar-refractivity contribution in [3.8, 4) is 23.8 Å². The maximum atomic E-state index is 13.1. The number of methoxy groups -OCH3 is 1. The number of benzene rings is 1. The third kappa shape index (κ3) is 3.83. The number of amides is 1.